The molecule has 0 bridgehead atoms. The molecule has 0 aromatic carbocycles. The number of allylic oxidation sites excluding steroid dienone is 1. The van der Waals surface area contributed by atoms with E-state index in [9.17, 15) is 4.79 Å². The number of unbranched alkanes of at least 4 members (excludes halogenated alkanes) is 3. The van der Waals surface area contributed by atoms with E-state index in [1.54, 1.807) is 0 Å². The van der Waals surface area contributed by atoms with Crippen molar-refractivity contribution in [2.24, 2.45) is 11.8 Å². The largest absolute Gasteiger partial charge is 0.481 e. The first-order chi connectivity index (χ1) is 9.74. The summed E-state index contributed by atoms with van der Waals surface area (Å²) in [6, 6.07) is 0. The van der Waals surface area contributed by atoms with Gasteiger partial charge < -0.3 is 14.6 Å². The van der Waals surface area contributed by atoms with Crippen LogP contribution in [0.2, 0.25) is 0 Å². The standard InChI is InChI=1S/C16H28O4/c1-2-3-10-19-12-15-13-20-11-14(15)8-6-4-5-7-9-16(17)18/h2-3,14-15H,4-13H2,1H3,(H,17,18). The van der Waals surface area contributed by atoms with Crippen LogP contribution in [0.1, 0.15) is 45.4 Å². The van der Waals surface area contributed by atoms with Crippen LogP contribution in [-0.2, 0) is 14.3 Å². The van der Waals surface area contributed by atoms with Gasteiger partial charge in [0.15, 0.2) is 0 Å². The van der Waals surface area contributed by atoms with Crippen LogP contribution in [-0.4, -0.2) is 37.5 Å². The lowest BCUT2D eigenvalue weighted by atomic mass is 9.91. The highest BCUT2D eigenvalue weighted by Gasteiger charge is 2.27. The molecule has 20 heavy (non-hydrogen) atoms. The SMILES string of the molecule is CC=CCOCC1COCC1CCCCCCC(=O)O. The fourth-order valence-corrected chi connectivity index (χ4v) is 2.57. The van der Waals surface area contributed by atoms with Crippen molar-refractivity contribution in [1.82, 2.24) is 0 Å². The molecular weight excluding hydrogens is 256 g/mol. The Morgan fingerprint density at radius 2 is 2.00 bits per heavy atom. The first kappa shape index (κ1) is 17.2. The van der Waals surface area contributed by atoms with Crippen molar-refractivity contribution in [3.8, 4) is 0 Å². The summed E-state index contributed by atoms with van der Waals surface area (Å²) in [4.78, 5) is 10.4. The number of ether oxygens (including phenoxy) is 2. The van der Waals surface area contributed by atoms with Crippen LogP contribution in [0.15, 0.2) is 12.2 Å². The highest BCUT2D eigenvalue weighted by Crippen LogP contribution is 2.26. The Labute approximate surface area is 122 Å². The molecule has 1 saturated heterocycles. The summed E-state index contributed by atoms with van der Waals surface area (Å²) in [7, 11) is 0. The number of rotatable bonds is 11. The molecule has 2 atom stereocenters. The number of carbonyl (C=O) groups is 1. The number of carboxylic acid groups (broad SMARTS) is 1. The fraction of sp³-hybridized carbons (Fsp3) is 0.812. The minimum Gasteiger partial charge on any atom is -0.481 e. The number of aliphatic carboxylic acids is 1. The number of hydrogen-bond acceptors (Lipinski definition) is 3. The number of carboxylic acids is 1. The molecule has 1 aliphatic heterocycles. The van der Waals surface area contributed by atoms with Gasteiger partial charge in [-0.15, -0.1) is 0 Å². The van der Waals surface area contributed by atoms with Crippen LogP contribution in [0.3, 0.4) is 0 Å². The molecule has 4 heteroatoms. The van der Waals surface area contributed by atoms with Crippen LogP contribution in [0, 0.1) is 11.8 Å². The summed E-state index contributed by atoms with van der Waals surface area (Å²) >= 11 is 0. The zero-order valence-corrected chi connectivity index (χ0v) is 12.6. The minimum absolute atomic E-state index is 0.300. The smallest absolute Gasteiger partial charge is 0.303 e. The van der Waals surface area contributed by atoms with Crippen molar-refractivity contribution < 1.29 is 19.4 Å². The lowest BCUT2D eigenvalue weighted by Crippen LogP contribution is -2.18. The molecule has 0 saturated carbocycles. The third-order valence-corrected chi connectivity index (χ3v) is 3.83. The summed E-state index contributed by atoms with van der Waals surface area (Å²) < 4.78 is 11.2. The second kappa shape index (κ2) is 10.9. The summed E-state index contributed by atoms with van der Waals surface area (Å²) in [6.07, 6.45) is 9.59. The first-order valence-electron chi connectivity index (χ1n) is 7.72. The van der Waals surface area contributed by atoms with Crippen molar-refractivity contribution in [3.05, 3.63) is 12.2 Å². The molecule has 0 spiro atoms. The van der Waals surface area contributed by atoms with E-state index < -0.39 is 5.97 Å². The van der Waals surface area contributed by atoms with E-state index in [-0.39, 0.29) is 0 Å². The summed E-state index contributed by atoms with van der Waals surface area (Å²) in [5.74, 6) is 0.451. The van der Waals surface area contributed by atoms with Gasteiger partial charge in [-0.1, -0.05) is 31.4 Å². The van der Waals surface area contributed by atoms with E-state index in [1.807, 2.05) is 19.1 Å². The molecule has 0 aromatic rings. The molecule has 0 radical (unpaired) electrons. The lowest BCUT2D eigenvalue weighted by Gasteiger charge is -2.17. The van der Waals surface area contributed by atoms with Crippen LogP contribution >= 0.6 is 0 Å². The van der Waals surface area contributed by atoms with Gasteiger partial charge in [0.25, 0.3) is 0 Å². The monoisotopic (exact) mass is 284 g/mol. The van der Waals surface area contributed by atoms with Crippen LogP contribution in [0.25, 0.3) is 0 Å². The van der Waals surface area contributed by atoms with Crippen molar-refractivity contribution in [2.45, 2.75) is 45.4 Å². The number of hydrogen-bond donors (Lipinski definition) is 1. The molecule has 0 amide bonds. The van der Waals surface area contributed by atoms with Gasteiger partial charge in [0.05, 0.1) is 19.8 Å². The van der Waals surface area contributed by atoms with E-state index in [2.05, 4.69) is 0 Å². The van der Waals surface area contributed by atoms with Crippen molar-refractivity contribution in [1.29, 1.82) is 0 Å². The van der Waals surface area contributed by atoms with Crippen LogP contribution in [0.4, 0.5) is 0 Å². The quantitative estimate of drug-likeness (QED) is 0.467. The van der Waals surface area contributed by atoms with Gasteiger partial charge in [-0.05, 0) is 25.7 Å². The molecule has 4 nitrogen and oxygen atoms in total. The molecule has 1 N–H and O–H groups in total. The lowest BCUT2D eigenvalue weighted by molar-refractivity contribution is -0.137. The van der Waals surface area contributed by atoms with Gasteiger partial charge in [0.1, 0.15) is 0 Å². The van der Waals surface area contributed by atoms with E-state index in [0.29, 0.717) is 24.9 Å². The topological polar surface area (TPSA) is 55.8 Å². The highest BCUT2D eigenvalue weighted by molar-refractivity contribution is 5.66. The van der Waals surface area contributed by atoms with Gasteiger partial charge in [-0.25, -0.2) is 0 Å². The van der Waals surface area contributed by atoms with Gasteiger partial charge >= 0.3 is 5.97 Å². The highest BCUT2D eigenvalue weighted by atomic mass is 16.5. The Balaban J connectivity index is 2.04. The fourth-order valence-electron chi connectivity index (χ4n) is 2.57. The third kappa shape index (κ3) is 7.65. The molecule has 0 aromatic heterocycles. The van der Waals surface area contributed by atoms with Crippen LogP contribution < -0.4 is 0 Å². The van der Waals surface area contributed by atoms with E-state index in [0.717, 1.165) is 39.1 Å². The van der Waals surface area contributed by atoms with Crippen molar-refractivity contribution in [2.75, 3.05) is 26.4 Å². The maximum Gasteiger partial charge on any atom is 0.303 e. The zero-order valence-electron chi connectivity index (χ0n) is 12.6. The normalized spacial score (nSPS) is 22.6. The van der Waals surface area contributed by atoms with Gasteiger partial charge in [0.2, 0.25) is 0 Å². The van der Waals surface area contributed by atoms with E-state index >= 15 is 0 Å². The van der Waals surface area contributed by atoms with E-state index in [1.165, 1.54) is 12.8 Å². The molecule has 2 unspecified atom stereocenters. The molecule has 1 fully saturated rings. The average Bonchev–Trinajstić information content (AvgIpc) is 2.86. The summed E-state index contributed by atoms with van der Waals surface area (Å²) in [5.41, 5.74) is 0. The van der Waals surface area contributed by atoms with Gasteiger partial charge in [-0.3, -0.25) is 4.79 Å². The van der Waals surface area contributed by atoms with Crippen LogP contribution in [0.5, 0.6) is 0 Å². The van der Waals surface area contributed by atoms with Gasteiger partial charge in [0, 0.05) is 18.9 Å². The zero-order chi connectivity index (χ0) is 14.6. The molecule has 1 aliphatic rings. The Morgan fingerprint density at radius 3 is 2.75 bits per heavy atom. The summed E-state index contributed by atoms with van der Waals surface area (Å²) in [5, 5.41) is 8.56. The van der Waals surface area contributed by atoms with Crippen molar-refractivity contribution >= 4 is 5.97 Å². The first-order valence-corrected chi connectivity index (χ1v) is 7.72. The van der Waals surface area contributed by atoms with Crippen molar-refractivity contribution in [3.63, 3.8) is 0 Å². The Hall–Kier alpha value is -0.870. The molecule has 1 rings (SSSR count). The second-order valence-electron chi connectivity index (χ2n) is 5.51. The average molecular weight is 284 g/mol. The Bertz CT molecular complexity index is 288. The van der Waals surface area contributed by atoms with E-state index in [4.69, 9.17) is 14.6 Å². The predicted molar refractivity (Wildman–Crippen MR) is 78.8 cm³/mol. The maximum absolute atomic E-state index is 10.4. The molecule has 1 heterocycles. The predicted octanol–water partition coefficient (Wildman–Crippen LogP) is 3.27. The summed E-state index contributed by atoms with van der Waals surface area (Å²) in [6.45, 7) is 5.14. The third-order valence-electron chi connectivity index (χ3n) is 3.83. The Morgan fingerprint density at radius 1 is 1.25 bits per heavy atom. The molecule has 116 valence electrons. The minimum atomic E-state index is -0.687. The molecular formula is C16H28O4. The molecule has 0 aliphatic carbocycles. The Kier molecular flexibility index (Phi) is 9.33. The van der Waals surface area contributed by atoms with Gasteiger partial charge in [-0.2, -0.15) is 0 Å². The second-order valence-corrected chi connectivity index (χ2v) is 5.51. The maximum atomic E-state index is 10.4.